The zero-order valence-electron chi connectivity index (χ0n) is 12.7. The zero-order valence-corrected chi connectivity index (χ0v) is 14.3. The van der Waals surface area contributed by atoms with Gasteiger partial charge in [-0.25, -0.2) is 14.4 Å². The first kappa shape index (κ1) is 15.9. The molecular weight excluding hydrogens is 333 g/mol. The number of nitrogens with zero attached hydrogens (tertiary/aromatic N) is 2. The van der Waals surface area contributed by atoms with E-state index in [9.17, 15) is 4.39 Å². The number of rotatable bonds is 3. The Morgan fingerprint density at radius 1 is 1.24 bits per heavy atom. The molecule has 0 bridgehead atoms. The van der Waals surface area contributed by atoms with Crippen LogP contribution in [0.5, 0.6) is 0 Å². The van der Waals surface area contributed by atoms with Crippen LogP contribution < -0.4 is 5.32 Å². The summed E-state index contributed by atoms with van der Waals surface area (Å²) in [4.78, 5) is 9.16. The normalized spacial score (nSPS) is 11.5. The van der Waals surface area contributed by atoms with Gasteiger partial charge in [0.05, 0.1) is 10.2 Å². The molecule has 0 radical (unpaired) electrons. The molecule has 0 saturated carbocycles. The van der Waals surface area contributed by atoms with Crippen molar-refractivity contribution in [1.29, 1.82) is 0 Å². The van der Waals surface area contributed by atoms with Gasteiger partial charge in [0.1, 0.15) is 17.5 Å². The lowest BCUT2D eigenvalue weighted by molar-refractivity contribution is 0.559. The first-order valence-corrected chi connectivity index (χ1v) is 7.59. The number of halogens is 2. The molecule has 0 aliphatic heterocycles. The average molecular weight is 352 g/mol. The molecule has 0 amide bonds. The van der Waals surface area contributed by atoms with Crippen LogP contribution in [0.15, 0.2) is 28.7 Å². The van der Waals surface area contributed by atoms with Gasteiger partial charge in [0.2, 0.25) is 0 Å². The summed E-state index contributed by atoms with van der Waals surface area (Å²) in [5, 5.41) is 3.07. The maximum absolute atomic E-state index is 13.3. The summed E-state index contributed by atoms with van der Waals surface area (Å²) in [5.74, 6) is 1.19. The van der Waals surface area contributed by atoms with Gasteiger partial charge < -0.3 is 5.32 Å². The Kier molecular flexibility index (Phi) is 4.61. The number of benzene rings is 1. The fourth-order valence-corrected chi connectivity index (χ4v) is 3.03. The quantitative estimate of drug-likeness (QED) is 0.895. The van der Waals surface area contributed by atoms with Gasteiger partial charge in [-0.15, -0.1) is 0 Å². The molecule has 1 N–H and O–H groups in total. The Morgan fingerprint density at radius 3 is 2.52 bits per heavy atom. The molecule has 112 valence electrons. The SMILES string of the molecule is CNc1nc(Cc2cccc(F)c2)nc(C(C)(C)C)c1Br. The first-order chi connectivity index (χ1) is 9.81. The largest absolute Gasteiger partial charge is 0.372 e. The minimum absolute atomic E-state index is 0.107. The van der Waals surface area contributed by atoms with Gasteiger partial charge in [-0.2, -0.15) is 0 Å². The Balaban J connectivity index is 2.45. The van der Waals surface area contributed by atoms with E-state index in [0.29, 0.717) is 12.2 Å². The summed E-state index contributed by atoms with van der Waals surface area (Å²) in [6, 6.07) is 6.53. The molecule has 0 atom stereocenters. The molecule has 0 spiro atoms. The van der Waals surface area contributed by atoms with Gasteiger partial charge in [-0.05, 0) is 33.6 Å². The van der Waals surface area contributed by atoms with Crippen molar-refractivity contribution < 1.29 is 4.39 Å². The van der Waals surface area contributed by atoms with Gasteiger partial charge in [0.15, 0.2) is 0 Å². The molecule has 0 unspecified atom stereocenters. The van der Waals surface area contributed by atoms with E-state index in [0.717, 1.165) is 21.5 Å². The second-order valence-corrected chi connectivity index (χ2v) is 6.75. The van der Waals surface area contributed by atoms with Crippen molar-refractivity contribution in [2.45, 2.75) is 32.6 Å². The smallest absolute Gasteiger partial charge is 0.144 e. The number of hydrogen-bond donors (Lipinski definition) is 1. The predicted molar refractivity (Wildman–Crippen MR) is 87.2 cm³/mol. The van der Waals surface area contributed by atoms with Gasteiger partial charge in [-0.1, -0.05) is 32.9 Å². The molecule has 0 fully saturated rings. The first-order valence-electron chi connectivity index (χ1n) is 6.80. The van der Waals surface area contributed by atoms with Crippen molar-refractivity contribution in [3.05, 3.63) is 51.6 Å². The van der Waals surface area contributed by atoms with Crippen LogP contribution in [-0.4, -0.2) is 17.0 Å². The average Bonchev–Trinajstić information content (AvgIpc) is 2.39. The lowest BCUT2D eigenvalue weighted by Gasteiger charge is -2.21. The molecule has 2 aromatic rings. The van der Waals surface area contributed by atoms with Crippen LogP contribution in [0, 0.1) is 5.82 Å². The molecule has 1 aromatic heterocycles. The van der Waals surface area contributed by atoms with Crippen LogP contribution in [-0.2, 0) is 11.8 Å². The van der Waals surface area contributed by atoms with Crippen molar-refractivity contribution in [2.24, 2.45) is 0 Å². The van der Waals surface area contributed by atoms with E-state index < -0.39 is 0 Å². The van der Waals surface area contributed by atoms with E-state index in [4.69, 9.17) is 0 Å². The molecule has 5 heteroatoms. The Bertz CT molecular complexity index is 650. The van der Waals surface area contributed by atoms with Crippen LogP contribution >= 0.6 is 15.9 Å². The van der Waals surface area contributed by atoms with Crippen molar-refractivity contribution in [2.75, 3.05) is 12.4 Å². The lowest BCUT2D eigenvalue weighted by Crippen LogP contribution is -2.18. The summed E-state index contributed by atoms with van der Waals surface area (Å²) in [6.45, 7) is 6.31. The summed E-state index contributed by atoms with van der Waals surface area (Å²) in [5.41, 5.74) is 1.69. The monoisotopic (exact) mass is 351 g/mol. The van der Waals surface area contributed by atoms with Crippen LogP contribution in [0.25, 0.3) is 0 Å². The molecule has 1 aromatic carbocycles. The Morgan fingerprint density at radius 2 is 1.95 bits per heavy atom. The van der Waals surface area contributed by atoms with E-state index in [-0.39, 0.29) is 11.2 Å². The van der Waals surface area contributed by atoms with E-state index in [1.807, 2.05) is 13.1 Å². The van der Waals surface area contributed by atoms with Crippen LogP contribution in [0.2, 0.25) is 0 Å². The molecule has 0 aliphatic rings. The van der Waals surface area contributed by atoms with Crippen LogP contribution in [0.1, 0.15) is 37.9 Å². The Labute approximate surface area is 133 Å². The second kappa shape index (κ2) is 6.10. The predicted octanol–water partition coefficient (Wildman–Crippen LogP) is 4.31. The van der Waals surface area contributed by atoms with E-state index >= 15 is 0 Å². The minimum Gasteiger partial charge on any atom is -0.372 e. The lowest BCUT2D eigenvalue weighted by atomic mass is 9.91. The number of hydrogen-bond acceptors (Lipinski definition) is 3. The third-order valence-electron chi connectivity index (χ3n) is 3.10. The van der Waals surface area contributed by atoms with Crippen LogP contribution in [0.4, 0.5) is 10.2 Å². The Hall–Kier alpha value is -1.49. The maximum atomic E-state index is 13.3. The van der Waals surface area contributed by atoms with E-state index in [1.54, 1.807) is 6.07 Å². The molecular formula is C16H19BrFN3. The van der Waals surface area contributed by atoms with Crippen LogP contribution in [0.3, 0.4) is 0 Å². The fourth-order valence-electron chi connectivity index (χ4n) is 2.06. The summed E-state index contributed by atoms with van der Waals surface area (Å²) in [7, 11) is 1.82. The topological polar surface area (TPSA) is 37.8 Å². The summed E-state index contributed by atoms with van der Waals surface area (Å²) in [6.07, 6.45) is 0.503. The number of nitrogens with one attached hydrogen (secondary N) is 1. The maximum Gasteiger partial charge on any atom is 0.144 e. The van der Waals surface area contributed by atoms with E-state index in [1.165, 1.54) is 12.1 Å². The van der Waals surface area contributed by atoms with Gasteiger partial charge in [0, 0.05) is 18.9 Å². The van der Waals surface area contributed by atoms with Crippen molar-refractivity contribution in [3.63, 3.8) is 0 Å². The minimum atomic E-state index is -0.241. The summed E-state index contributed by atoms with van der Waals surface area (Å²) < 4.78 is 14.2. The van der Waals surface area contributed by atoms with Crippen molar-refractivity contribution >= 4 is 21.7 Å². The number of aromatic nitrogens is 2. The molecule has 21 heavy (non-hydrogen) atoms. The highest BCUT2D eigenvalue weighted by Crippen LogP contribution is 2.32. The highest BCUT2D eigenvalue weighted by atomic mass is 79.9. The highest BCUT2D eigenvalue weighted by Gasteiger charge is 2.22. The zero-order chi connectivity index (χ0) is 15.6. The third kappa shape index (κ3) is 3.79. The van der Waals surface area contributed by atoms with Gasteiger partial charge >= 0.3 is 0 Å². The molecule has 3 nitrogen and oxygen atoms in total. The third-order valence-corrected chi connectivity index (χ3v) is 3.85. The highest BCUT2D eigenvalue weighted by molar-refractivity contribution is 9.10. The van der Waals surface area contributed by atoms with Gasteiger partial charge in [-0.3, -0.25) is 0 Å². The standard InChI is InChI=1S/C16H19BrFN3/c1-16(2,3)14-13(17)15(19-4)21-12(20-14)9-10-6-5-7-11(18)8-10/h5-8H,9H2,1-4H3,(H,19,20,21). The molecule has 1 heterocycles. The van der Waals surface area contributed by atoms with Gasteiger partial charge in [0.25, 0.3) is 0 Å². The van der Waals surface area contributed by atoms with Crippen molar-refractivity contribution in [1.82, 2.24) is 9.97 Å². The second-order valence-electron chi connectivity index (χ2n) is 5.96. The molecule has 0 aliphatic carbocycles. The summed E-state index contributed by atoms with van der Waals surface area (Å²) >= 11 is 3.56. The number of anilines is 1. The molecule has 0 saturated heterocycles. The molecule has 2 rings (SSSR count). The van der Waals surface area contributed by atoms with E-state index in [2.05, 4.69) is 52.0 Å². The van der Waals surface area contributed by atoms with Crippen molar-refractivity contribution in [3.8, 4) is 0 Å². The fraction of sp³-hybridized carbons (Fsp3) is 0.375.